The van der Waals surface area contributed by atoms with Crippen LogP contribution in [-0.2, 0) is 0 Å². The number of piperidine rings is 1. The van der Waals surface area contributed by atoms with E-state index in [0.717, 1.165) is 24.1 Å². The zero-order valence-electron chi connectivity index (χ0n) is 11.8. The van der Waals surface area contributed by atoms with E-state index >= 15 is 0 Å². The monoisotopic (exact) mass is 258 g/mol. The van der Waals surface area contributed by atoms with Crippen molar-refractivity contribution in [1.82, 2.24) is 4.90 Å². The molecule has 1 aromatic rings. The van der Waals surface area contributed by atoms with Crippen LogP contribution in [0.2, 0.25) is 0 Å². The van der Waals surface area contributed by atoms with E-state index in [9.17, 15) is 0 Å². The highest BCUT2D eigenvalue weighted by molar-refractivity contribution is 5.34. The highest BCUT2D eigenvalue weighted by Gasteiger charge is 2.21. The quantitative estimate of drug-likeness (QED) is 0.833. The van der Waals surface area contributed by atoms with Gasteiger partial charge in [0.2, 0.25) is 0 Å². The van der Waals surface area contributed by atoms with E-state index in [4.69, 9.17) is 10.00 Å². The van der Waals surface area contributed by atoms with E-state index in [-0.39, 0.29) is 0 Å². The van der Waals surface area contributed by atoms with Gasteiger partial charge in [0.1, 0.15) is 12.4 Å². The Hall–Kier alpha value is -1.53. The van der Waals surface area contributed by atoms with Crippen molar-refractivity contribution in [3.05, 3.63) is 29.8 Å². The molecule has 2 rings (SSSR count). The molecule has 1 aromatic carbocycles. The molecular formula is C16H22N2O. The highest BCUT2D eigenvalue weighted by Crippen LogP contribution is 2.20. The molecule has 0 radical (unpaired) electrons. The van der Waals surface area contributed by atoms with Gasteiger partial charge in [-0.15, -0.1) is 0 Å². The summed E-state index contributed by atoms with van der Waals surface area (Å²) in [6.45, 7) is 8.70. The molecule has 0 saturated carbocycles. The van der Waals surface area contributed by atoms with Crippen LogP contribution in [-0.4, -0.2) is 31.1 Å². The predicted octanol–water partition coefficient (Wildman–Crippen LogP) is 2.91. The van der Waals surface area contributed by atoms with Crippen LogP contribution in [0.5, 0.6) is 5.75 Å². The normalized spacial score (nSPS) is 23.8. The zero-order chi connectivity index (χ0) is 13.7. The number of ether oxygens (including phenoxy) is 1. The molecule has 0 N–H and O–H groups in total. The number of hydrogen-bond acceptors (Lipinski definition) is 3. The van der Waals surface area contributed by atoms with Crippen molar-refractivity contribution in [1.29, 1.82) is 5.26 Å². The largest absolute Gasteiger partial charge is 0.492 e. The first-order valence-corrected chi connectivity index (χ1v) is 7.02. The first kappa shape index (κ1) is 13.9. The second-order valence-corrected chi connectivity index (χ2v) is 5.69. The van der Waals surface area contributed by atoms with Crippen LogP contribution in [0.15, 0.2) is 24.3 Å². The maximum Gasteiger partial charge on any atom is 0.119 e. The van der Waals surface area contributed by atoms with E-state index in [1.54, 1.807) is 12.1 Å². The van der Waals surface area contributed by atoms with E-state index in [1.807, 2.05) is 12.1 Å². The maximum atomic E-state index is 8.73. The third-order valence-corrected chi connectivity index (χ3v) is 3.60. The first-order valence-electron chi connectivity index (χ1n) is 7.02. The molecule has 1 heterocycles. The Kier molecular flexibility index (Phi) is 4.81. The minimum Gasteiger partial charge on any atom is -0.492 e. The van der Waals surface area contributed by atoms with Crippen molar-refractivity contribution in [2.75, 3.05) is 26.2 Å². The SMILES string of the molecule is CC1CC(C)CN(CCOc2ccc(C#N)cc2)C1. The summed E-state index contributed by atoms with van der Waals surface area (Å²) in [5.74, 6) is 2.43. The molecule has 0 aliphatic carbocycles. The molecule has 0 amide bonds. The van der Waals surface area contributed by atoms with Gasteiger partial charge in [-0.05, 0) is 42.5 Å². The fourth-order valence-corrected chi connectivity index (χ4v) is 2.89. The number of hydrogen-bond donors (Lipinski definition) is 0. The molecule has 0 spiro atoms. The minimum atomic E-state index is 0.672. The van der Waals surface area contributed by atoms with Crippen molar-refractivity contribution >= 4 is 0 Å². The van der Waals surface area contributed by atoms with Gasteiger partial charge in [0.25, 0.3) is 0 Å². The molecule has 0 aromatic heterocycles. The molecule has 1 fully saturated rings. The summed E-state index contributed by atoms with van der Waals surface area (Å²) in [6.07, 6.45) is 1.34. The summed E-state index contributed by atoms with van der Waals surface area (Å²) >= 11 is 0. The second-order valence-electron chi connectivity index (χ2n) is 5.69. The molecule has 1 aliphatic rings. The van der Waals surface area contributed by atoms with Crippen LogP contribution in [0.3, 0.4) is 0 Å². The Balaban J connectivity index is 1.75. The molecule has 2 atom stereocenters. The number of nitriles is 1. The average Bonchev–Trinajstić information content (AvgIpc) is 2.38. The Bertz CT molecular complexity index is 425. The maximum absolute atomic E-state index is 8.73. The predicted molar refractivity (Wildman–Crippen MR) is 76.0 cm³/mol. The minimum absolute atomic E-state index is 0.672. The van der Waals surface area contributed by atoms with Crippen molar-refractivity contribution in [2.24, 2.45) is 11.8 Å². The van der Waals surface area contributed by atoms with Crippen LogP contribution < -0.4 is 4.74 Å². The van der Waals surface area contributed by atoms with Gasteiger partial charge in [0.15, 0.2) is 0 Å². The number of benzene rings is 1. The molecule has 3 nitrogen and oxygen atoms in total. The van der Waals surface area contributed by atoms with E-state index in [2.05, 4.69) is 24.8 Å². The summed E-state index contributed by atoms with van der Waals surface area (Å²) in [5, 5.41) is 8.73. The lowest BCUT2D eigenvalue weighted by Gasteiger charge is -2.34. The molecule has 19 heavy (non-hydrogen) atoms. The lowest BCUT2D eigenvalue weighted by atomic mass is 9.92. The molecule has 1 aliphatic heterocycles. The lowest BCUT2D eigenvalue weighted by Crippen LogP contribution is -2.40. The van der Waals surface area contributed by atoms with Crippen LogP contribution in [0.25, 0.3) is 0 Å². The molecule has 3 heteroatoms. The summed E-state index contributed by atoms with van der Waals surface area (Å²) in [5.41, 5.74) is 0.672. The van der Waals surface area contributed by atoms with E-state index < -0.39 is 0 Å². The van der Waals surface area contributed by atoms with Crippen LogP contribution >= 0.6 is 0 Å². The van der Waals surface area contributed by atoms with Crippen LogP contribution in [0, 0.1) is 23.2 Å². The Morgan fingerprint density at radius 1 is 1.21 bits per heavy atom. The van der Waals surface area contributed by atoms with Gasteiger partial charge in [-0.25, -0.2) is 0 Å². The van der Waals surface area contributed by atoms with Gasteiger partial charge >= 0.3 is 0 Å². The summed E-state index contributed by atoms with van der Waals surface area (Å²) in [7, 11) is 0. The van der Waals surface area contributed by atoms with Gasteiger partial charge in [-0.3, -0.25) is 4.90 Å². The highest BCUT2D eigenvalue weighted by atomic mass is 16.5. The number of rotatable bonds is 4. The Morgan fingerprint density at radius 2 is 1.84 bits per heavy atom. The van der Waals surface area contributed by atoms with Gasteiger partial charge in [-0.2, -0.15) is 5.26 Å². The molecule has 2 unspecified atom stereocenters. The fraction of sp³-hybridized carbons (Fsp3) is 0.562. The first-order chi connectivity index (χ1) is 9.17. The summed E-state index contributed by atoms with van der Waals surface area (Å²) in [6, 6.07) is 9.41. The topological polar surface area (TPSA) is 36.3 Å². The van der Waals surface area contributed by atoms with Crippen molar-refractivity contribution in [3.8, 4) is 11.8 Å². The van der Waals surface area contributed by atoms with Crippen molar-refractivity contribution in [3.63, 3.8) is 0 Å². The molecular weight excluding hydrogens is 236 g/mol. The summed E-state index contributed by atoms with van der Waals surface area (Å²) < 4.78 is 5.73. The van der Waals surface area contributed by atoms with Crippen LogP contribution in [0.4, 0.5) is 0 Å². The smallest absolute Gasteiger partial charge is 0.119 e. The second kappa shape index (κ2) is 6.58. The molecule has 0 bridgehead atoms. The van der Waals surface area contributed by atoms with Gasteiger partial charge in [-0.1, -0.05) is 13.8 Å². The van der Waals surface area contributed by atoms with Gasteiger partial charge < -0.3 is 4.74 Å². The Morgan fingerprint density at radius 3 is 2.42 bits per heavy atom. The molecule has 102 valence electrons. The van der Waals surface area contributed by atoms with Gasteiger partial charge in [0, 0.05) is 19.6 Å². The fourth-order valence-electron chi connectivity index (χ4n) is 2.89. The van der Waals surface area contributed by atoms with Crippen LogP contribution in [0.1, 0.15) is 25.8 Å². The van der Waals surface area contributed by atoms with E-state index in [1.165, 1.54) is 19.5 Å². The zero-order valence-corrected chi connectivity index (χ0v) is 11.8. The third-order valence-electron chi connectivity index (χ3n) is 3.60. The third kappa shape index (κ3) is 4.25. The summed E-state index contributed by atoms with van der Waals surface area (Å²) in [4.78, 5) is 2.49. The average molecular weight is 258 g/mol. The standard InChI is InChI=1S/C16H22N2O/c1-13-9-14(2)12-18(11-13)7-8-19-16-5-3-15(10-17)4-6-16/h3-6,13-14H,7-9,11-12H2,1-2H3. The molecule has 1 saturated heterocycles. The van der Waals surface area contributed by atoms with Crippen molar-refractivity contribution < 1.29 is 4.74 Å². The number of likely N-dealkylation sites (tertiary alicyclic amines) is 1. The van der Waals surface area contributed by atoms with Gasteiger partial charge in [0.05, 0.1) is 11.6 Å². The van der Waals surface area contributed by atoms with E-state index in [0.29, 0.717) is 12.2 Å². The number of nitrogens with zero attached hydrogens (tertiary/aromatic N) is 2. The Labute approximate surface area is 115 Å². The lowest BCUT2D eigenvalue weighted by molar-refractivity contribution is 0.120. The van der Waals surface area contributed by atoms with Crippen molar-refractivity contribution in [2.45, 2.75) is 20.3 Å².